The van der Waals surface area contributed by atoms with E-state index in [0.29, 0.717) is 5.56 Å². The lowest BCUT2D eigenvalue weighted by molar-refractivity contribution is 1.18. The van der Waals surface area contributed by atoms with E-state index < -0.39 is 0 Å². The fourth-order valence-electron chi connectivity index (χ4n) is 9.28. The Morgan fingerprint density at radius 3 is 1.49 bits per heavy atom. The minimum Gasteiger partial charge on any atom is -0.309 e. The largest absolute Gasteiger partial charge is 0.309 e. The van der Waals surface area contributed by atoms with Crippen LogP contribution in [0.25, 0.3) is 115 Å². The molecule has 3 heterocycles. The Morgan fingerprint density at radius 1 is 0.404 bits per heavy atom. The fraction of sp³-hybridized carbons (Fsp3) is 0. The quantitative estimate of drug-likeness (QED) is 0.166. The van der Waals surface area contributed by atoms with E-state index in [0.717, 1.165) is 61.1 Å². The number of nitrogens with zero attached hydrogens (tertiary/aromatic N) is 4. The molecule has 0 spiro atoms. The van der Waals surface area contributed by atoms with Gasteiger partial charge >= 0.3 is 0 Å². The lowest BCUT2D eigenvalue weighted by Gasteiger charge is -2.16. The van der Waals surface area contributed by atoms with Crippen molar-refractivity contribution in [3.63, 3.8) is 0 Å². The molecule has 0 aliphatic heterocycles. The van der Waals surface area contributed by atoms with Gasteiger partial charge in [0.2, 0.25) is 0 Å². The lowest BCUT2D eigenvalue weighted by atomic mass is 9.87. The summed E-state index contributed by atoms with van der Waals surface area (Å²) in [5, 5.41) is 22.0. The standard InChI is InChI=1S/C53H30N4/c54-31-36-16-20-48-52-44(36)17-18-45-43(19-21-49(53(45)52)57(48)42-8-2-1-3-9-42)39-26-34-14-12-32-24-37(25-33-13-15-35(27-39)51(34)50(32)33)38-28-40(46-10-4-6-22-55-46)30-41(29-38)47-11-5-7-23-56-47/h1-30H. The van der Waals surface area contributed by atoms with E-state index in [1.165, 1.54) is 54.2 Å². The molecular formula is C53H30N4. The normalized spacial score (nSPS) is 11.8. The number of para-hydroxylation sites is 1. The number of hydrogen-bond acceptors (Lipinski definition) is 3. The zero-order valence-corrected chi connectivity index (χ0v) is 30.6. The second-order valence-electron chi connectivity index (χ2n) is 14.9. The summed E-state index contributed by atoms with van der Waals surface area (Å²) in [5.74, 6) is 0. The molecule has 12 rings (SSSR count). The van der Waals surface area contributed by atoms with Gasteiger partial charge in [-0.15, -0.1) is 0 Å². The molecular weight excluding hydrogens is 693 g/mol. The molecule has 0 aliphatic rings. The number of aromatic nitrogens is 3. The summed E-state index contributed by atoms with van der Waals surface area (Å²) in [7, 11) is 0. The molecule has 0 bridgehead atoms. The van der Waals surface area contributed by atoms with Gasteiger partial charge in [-0.3, -0.25) is 9.97 Å². The molecule has 57 heavy (non-hydrogen) atoms. The van der Waals surface area contributed by atoms with Gasteiger partial charge in [-0.2, -0.15) is 5.26 Å². The van der Waals surface area contributed by atoms with Crippen LogP contribution in [0.3, 0.4) is 0 Å². The Morgan fingerprint density at radius 2 is 0.912 bits per heavy atom. The molecule has 0 atom stereocenters. The van der Waals surface area contributed by atoms with Gasteiger partial charge in [0.15, 0.2) is 0 Å². The van der Waals surface area contributed by atoms with Crippen LogP contribution < -0.4 is 0 Å². The highest BCUT2D eigenvalue weighted by molar-refractivity contribution is 6.29. The van der Waals surface area contributed by atoms with Crippen LogP contribution in [-0.2, 0) is 0 Å². The Bertz CT molecular complexity index is 3440. The van der Waals surface area contributed by atoms with E-state index in [9.17, 15) is 5.26 Å². The molecule has 3 aromatic heterocycles. The second-order valence-corrected chi connectivity index (χ2v) is 14.9. The first-order chi connectivity index (χ1) is 28.2. The van der Waals surface area contributed by atoms with Crippen LogP contribution >= 0.6 is 0 Å². The van der Waals surface area contributed by atoms with Gasteiger partial charge in [-0.05, 0) is 157 Å². The van der Waals surface area contributed by atoms with Gasteiger partial charge in [0.05, 0.1) is 34.1 Å². The van der Waals surface area contributed by atoms with Gasteiger partial charge in [0.25, 0.3) is 0 Å². The molecule has 0 amide bonds. The van der Waals surface area contributed by atoms with Crippen molar-refractivity contribution in [1.82, 2.24) is 14.5 Å². The highest BCUT2D eigenvalue weighted by Gasteiger charge is 2.21. The molecule has 0 saturated heterocycles. The molecule has 0 saturated carbocycles. The molecule has 0 N–H and O–H groups in total. The van der Waals surface area contributed by atoms with Crippen molar-refractivity contribution in [2.75, 3.05) is 0 Å². The Labute approximate surface area is 327 Å². The third-order valence-corrected chi connectivity index (χ3v) is 11.8. The number of rotatable bonds is 5. The Hall–Kier alpha value is -7.87. The minimum atomic E-state index is 0.697. The van der Waals surface area contributed by atoms with Crippen LogP contribution in [-0.4, -0.2) is 14.5 Å². The summed E-state index contributed by atoms with van der Waals surface area (Å²) in [6.45, 7) is 0. The molecule has 9 aromatic carbocycles. The third kappa shape index (κ3) is 4.73. The summed E-state index contributed by atoms with van der Waals surface area (Å²) in [6.07, 6.45) is 3.69. The molecule has 0 radical (unpaired) electrons. The van der Waals surface area contributed by atoms with Gasteiger partial charge in [-0.1, -0.05) is 72.8 Å². The number of nitriles is 1. The van der Waals surface area contributed by atoms with Crippen molar-refractivity contribution < 1.29 is 0 Å². The van der Waals surface area contributed by atoms with E-state index in [-0.39, 0.29) is 0 Å². The highest BCUT2D eigenvalue weighted by atomic mass is 15.0. The number of benzene rings is 9. The zero-order chi connectivity index (χ0) is 37.6. The maximum Gasteiger partial charge on any atom is 0.0998 e. The predicted molar refractivity (Wildman–Crippen MR) is 235 cm³/mol. The monoisotopic (exact) mass is 722 g/mol. The smallest absolute Gasteiger partial charge is 0.0998 e. The average molecular weight is 723 g/mol. The van der Waals surface area contributed by atoms with Gasteiger partial charge in [0, 0.05) is 45.4 Å². The van der Waals surface area contributed by atoms with Crippen molar-refractivity contribution in [2.45, 2.75) is 0 Å². The summed E-state index contributed by atoms with van der Waals surface area (Å²) in [6, 6.07) is 63.1. The van der Waals surface area contributed by atoms with Gasteiger partial charge < -0.3 is 4.57 Å². The Balaban J connectivity index is 1.03. The van der Waals surface area contributed by atoms with Crippen molar-refractivity contribution >= 4 is 64.9 Å². The maximum absolute atomic E-state index is 10.1. The predicted octanol–water partition coefficient (Wildman–Crippen LogP) is 13.6. The molecule has 0 unspecified atom stereocenters. The number of pyridine rings is 2. The van der Waals surface area contributed by atoms with Crippen LogP contribution in [0.1, 0.15) is 5.56 Å². The zero-order valence-electron chi connectivity index (χ0n) is 30.6. The van der Waals surface area contributed by atoms with Gasteiger partial charge in [0.1, 0.15) is 0 Å². The molecule has 12 aromatic rings. The van der Waals surface area contributed by atoms with Crippen LogP contribution in [0, 0.1) is 11.3 Å². The van der Waals surface area contributed by atoms with E-state index >= 15 is 0 Å². The van der Waals surface area contributed by atoms with Crippen molar-refractivity contribution in [3.05, 3.63) is 188 Å². The fourth-order valence-corrected chi connectivity index (χ4v) is 9.28. The first-order valence-corrected chi connectivity index (χ1v) is 19.2. The van der Waals surface area contributed by atoms with Crippen LogP contribution in [0.4, 0.5) is 0 Å². The molecule has 4 nitrogen and oxygen atoms in total. The SMILES string of the molecule is N#Cc1ccc2c3c1ccc1c(-c4cc5ccc6cc(-c7cc(-c8ccccn8)cc(-c8ccccn8)c7)cc7ccc(c4)c5c67)ccc(c13)n2-c1ccccc1. The summed E-state index contributed by atoms with van der Waals surface area (Å²) in [4.78, 5) is 9.37. The van der Waals surface area contributed by atoms with Crippen LogP contribution in [0.2, 0.25) is 0 Å². The lowest BCUT2D eigenvalue weighted by Crippen LogP contribution is -1.93. The first kappa shape index (κ1) is 31.5. The third-order valence-electron chi connectivity index (χ3n) is 11.8. The molecule has 0 aliphatic carbocycles. The highest BCUT2D eigenvalue weighted by Crippen LogP contribution is 2.45. The van der Waals surface area contributed by atoms with E-state index in [1.807, 2.05) is 48.8 Å². The summed E-state index contributed by atoms with van der Waals surface area (Å²) < 4.78 is 2.33. The number of hydrogen-bond donors (Lipinski definition) is 0. The van der Waals surface area contributed by atoms with Gasteiger partial charge in [-0.25, -0.2) is 0 Å². The average Bonchev–Trinajstić information content (AvgIpc) is 3.63. The first-order valence-electron chi connectivity index (χ1n) is 19.2. The van der Waals surface area contributed by atoms with Crippen molar-refractivity contribution in [1.29, 1.82) is 5.26 Å². The van der Waals surface area contributed by atoms with E-state index in [4.69, 9.17) is 0 Å². The topological polar surface area (TPSA) is 54.5 Å². The Kier molecular flexibility index (Phi) is 6.66. The summed E-state index contributed by atoms with van der Waals surface area (Å²) in [5.41, 5.74) is 12.7. The summed E-state index contributed by atoms with van der Waals surface area (Å²) >= 11 is 0. The second kappa shape index (κ2) is 12.1. The van der Waals surface area contributed by atoms with Crippen LogP contribution in [0.15, 0.2) is 182 Å². The molecule has 0 fully saturated rings. The van der Waals surface area contributed by atoms with Crippen molar-refractivity contribution in [3.8, 4) is 56.5 Å². The minimum absolute atomic E-state index is 0.697. The van der Waals surface area contributed by atoms with E-state index in [1.54, 1.807) is 0 Å². The molecule has 262 valence electrons. The molecule has 4 heteroatoms. The van der Waals surface area contributed by atoms with E-state index in [2.05, 4.69) is 154 Å². The van der Waals surface area contributed by atoms with Crippen LogP contribution in [0.5, 0.6) is 0 Å². The maximum atomic E-state index is 10.1. The van der Waals surface area contributed by atoms with Crippen molar-refractivity contribution in [2.24, 2.45) is 0 Å².